The third kappa shape index (κ3) is 3.02. The second-order valence-electron chi connectivity index (χ2n) is 7.85. The number of ether oxygens (including phenoxy) is 1. The fourth-order valence-electron chi connectivity index (χ4n) is 4.37. The van der Waals surface area contributed by atoms with Gasteiger partial charge in [0.25, 0.3) is 5.91 Å². The first-order valence-electron chi connectivity index (χ1n) is 9.66. The third-order valence-electron chi connectivity index (χ3n) is 6.16. The van der Waals surface area contributed by atoms with Gasteiger partial charge in [-0.1, -0.05) is 12.1 Å². The summed E-state index contributed by atoms with van der Waals surface area (Å²) in [6.45, 7) is 3.87. The quantitative estimate of drug-likeness (QED) is 0.756. The van der Waals surface area contributed by atoms with Crippen molar-refractivity contribution in [3.05, 3.63) is 58.1 Å². The molecule has 2 heterocycles. The van der Waals surface area contributed by atoms with Gasteiger partial charge in [-0.05, 0) is 49.1 Å². The van der Waals surface area contributed by atoms with Gasteiger partial charge in [0.15, 0.2) is 0 Å². The number of likely N-dealkylation sites (tertiary alicyclic amines) is 1. The molecule has 0 radical (unpaired) electrons. The van der Waals surface area contributed by atoms with Crippen LogP contribution in [0, 0.1) is 6.92 Å². The van der Waals surface area contributed by atoms with Gasteiger partial charge in [-0.25, -0.2) is 0 Å². The predicted octanol–water partition coefficient (Wildman–Crippen LogP) is 2.22. The van der Waals surface area contributed by atoms with E-state index in [0.717, 1.165) is 24.2 Å². The SMILES string of the molecule is Cc1cc(C(=O)N2CCC3(CC2)COc2ccc(CN)cc23)cc(CO)c1O. The molecule has 2 aliphatic heterocycles. The number of aliphatic hydroxyl groups excluding tert-OH is 1. The van der Waals surface area contributed by atoms with Crippen LogP contribution in [-0.2, 0) is 18.6 Å². The Morgan fingerprint density at radius 2 is 2.00 bits per heavy atom. The van der Waals surface area contributed by atoms with E-state index in [1.165, 1.54) is 5.56 Å². The second kappa shape index (κ2) is 7.11. The Bertz CT molecular complexity index is 917. The number of hydrogen-bond donors (Lipinski definition) is 3. The molecule has 0 aromatic heterocycles. The summed E-state index contributed by atoms with van der Waals surface area (Å²) in [6, 6.07) is 9.41. The summed E-state index contributed by atoms with van der Waals surface area (Å²) in [4.78, 5) is 14.8. The van der Waals surface area contributed by atoms with Crippen molar-refractivity contribution in [2.45, 2.75) is 38.3 Å². The van der Waals surface area contributed by atoms with Gasteiger partial charge in [-0.2, -0.15) is 0 Å². The minimum Gasteiger partial charge on any atom is -0.507 e. The number of fused-ring (bicyclic) bond motifs is 2. The van der Waals surface area contributed by atoms with Crippen LogP contribution in [0.5, 0.6) is 11.5 Å². The van der Waals surface area contributed by atoms with Crippen LogP contribution in [-0.4, -0.2) is 40.7 Å². The van der Waals surface area contributed by atoms with Crippen LogP contribution < -0.4 is 10.5 Å². The number of benzene rings is 2. The highest BCUT2D eigenvalue weighted by Gasteiger charge is 2.44. The van der Waals surface area contributed by atoms with E-state index in [9.17, 15) is 15.0 Å². The van der Waals surface area contributed by atoms with Gasteiger partial charge in [0, 0.05) is 41.7 Å². The minimum absolute atomic E-state index is 0.0482. The average Bonchev–Trinajstić information content (AvgIpc) is 3.07. The topological polar surface area (TPSA) is 96.0 Å². The zero-order chi connectivity index (χ0) is 19.9. The summed E-state index contributed by atoms with van der Waals surface area (Å²) in [7, 11) is 0. The van der Waals surface area contributed by atoms with Gasteiger partial charge in [0.2, 0.25) is 0 Å². The molecule has 1 fully saturated rings. The lowest BCUT2D eigenvalue weighted by Gasteiger charge is -2.38. The van der Waals surface area contributed by atoms with Gasteiger partial charge in [-0.15, -0.1) is 0 Å². The highest BCUT2D eigenvalue weighted by Crippen LogP contribution is 2.46. The van der Waals surface area contributed by atoms with E-state index in [-0.39, 0.29) is 23.7 Å². The molecule has 1 amide bonds. The van der Waals surface area contributed by atoms with E-state index in [4.69, 9.17) is 10.5 Å². The van der Waals surface area contributed by atoms with Crippen LogP contribution in [0.15, 0.2) is 30.3 Å². The number of hydrogen-bond acceptors (Lipinski definition) is 5. The number of amides is 1. The maximum atomic E-state index is 13.0. The average molecular weight is 382 g/mol. The Hall–Kier alpha value is -2.57. The molecule has 148 valence electrons. The number of carbonyl (C=O) groups excluding carboxylic acids is 1. The van der Waals surface area contributed by atoms with Crippen molar-refractivity contribution in [3.8, 4) is 11.5 Å². The number of piperidine rings is 1. The molecule has 6 heteroatoms. The summed E-state index contributed by atoms with van der Waals surface area (Å²) >= 11 is 0. The Kier molecular flexibility index (Phi) is 4.77. The number of aliphatic hydroxyl groups is 1. The molecule has 2 aliphatic rings. The van der Waals surface area contributed by atoms with Crippen molar-refractivity contribution < 1.29 is 19.7 Å². The van der Waals surface area contributed by atoms with E-state index in [1.54, 1.807) is 19.1 Å². The number of aromatic hydroxyl groups is 1. The summed E-state index contributed by atoms with van der Waals surface area (Å²) in [5.41, 5.74) is 9.53. The fourth-order valence-corrected chi connectivity index (χ4v) is 4.37. The Morgan fingerprint density at radius 1 is 1.25 bits per heavy atom. The van der Waals surface area contributed by atoms with E-state index >= 15 is 0 Å². The first-order chi connectivity index (χ1) is 13.5. The lowest BCUT2D eigenvalue weighted by atomic mass is 9.74. The molecule has 4 rings (SSSR count). The molecule has 4 N–H and O–H groups in total. The summed E-state index contributed by atoms with van der Waals surface area (Å²) in [6.07, 6.45) is 1.67. The Labute approximate surface area is 164 Å². The van der Waals surface area contributed by atoms with Crippen molar-refractivity contribution in [2.24, 2.45) is 5.73 Å². The number of rotatable bonds is 3. The fraction of sp³-hybridized carbons (Fsp3) is 0.409. The molecule has 6 nitrogen and oxygen atoms in total. The molecule has 0 aliphatic carbocycles. The van der Waals surface area contributed by atoms with Crippen LogP contribution in [0.4, 0.5) is 0 Å². The van der Waals surface area contributed by atoms with E-state index in [0.29, 0.717) is 42.9 Å². The number of nitrogens with two attached hydrogens (primary N) is 1. The lowest BCUT2D eigenvalue weighted by molar-refractivity contribution is 0.0646. The molecule has 0 atom stereocenters. The van der Waals surface area contributed by atoms with Crippen molar-refractivity contribution >= 4 is 5.91 Å². The highest BCUT2D eigenvalue weighted by molar-refractivity contribution is 5.95. The summed E-state index contributed by atoms with van der Waals surface area (Å²) < 4.78 is 5.93. The molecule has 1 spiro atoms. The lowest BCUT2D eigenvalue weighted by Crippen LogP contribution is -2.46. The molecule has 1 saturated heterocycles. The molecule has 2 aromatic carbocycles. The molecule has 0 bridgehead atoms. The summed E-state index contributed by atoms with van der Waals surface area (Å²) in [5, 5.41) is 19.4. The zero-order valence-corrected chi connectivity index (χ0v) is 16.1. The molecule has 2 aromatic rings. The first kappa shape index (κ1) is 18.8. The normalized spacial score (nSPS) is 17.5. The monoisotopic (exact) mass is 382 g/mol. The van der Waals surface area contributed by atoms with Gasteiger partial charge in [0.05, 0.1) is 13.2 Å². The van der Waals surface area contributed by atoms with Gasteiger partial charge < -0.3 is 25.6 Å². The standard InChI is InChI=1S/C22H26N2O4/c1-14-8-16(10-17(12-25)20(14)26)21(27)24-6-4-22(5-7-24)13-28-19-3-2-15(11-23)9-18(19)22/h2-3,8-10,25-26H,4-7,11-13,23H2,1H3. The maximum absolute atomic E-state index is 13.0. The number of phenols is 1. The van der Waals surface area contributed by atoms with Crippen molar-refractivity contribution in [1.82, 2.24) is 4.90 Å². The van der Waals surface area contributed by atoms with Crippen LogP contribution in [0.3, 0.4) is 0 Å². The van der Waals surface area contributed by atoms with Gasteiger partial charge in [-0.3, -0.25) is 4.79 Å². The zero-order valence-electron chi connectivity index (χ0n) is 16.1. The third-order valence-corrected chi connectivity index (χ3v) is 6.16. The highest BCUT2D eigenvalue weighted by atomic mass is 16.5. The number of nitrogens with zero attached hydrogens (tertiary/aromatic N) is 1. The minimum atomic E-state index is -0.297. The van der Waals surface area contributed by atoms with Crippen LogP contribution in [0.25, 0.3) is 0 Å². The smallest absolute Gasteiger partial charge is 0.253 e. The molecule has 0 unspecified atom stereocenters. The van der Waals surface area contributed by atoms with Crippen LogP contribution in [0.2, 0.25) is 0 Å². The first-order valence-corrected chi connectivity index (χ1v) is 9.66. The van der Waals surface area contributed by atoms with Crippen LogP contribution >= 0.6 is 0 Å². The van der Waals surface area contributed by atoms with E-state index in [2.05, 4.69) is 6.07 Å². The largest absolute Gasteiger partial charge is 0.507 e. The van der Waals surface area contributed by atoms with Crippen molar-refractivity contribution in [1.29, 1.82) is 0 Å². The molecular weight excluding hydrogens is 356 g/mol. The maximum Gasteiger partial charge on any atom is 0.253 e. The molecule has 28 heavy (non-hydrogen) atoms. The Morgan fingerprint density at radius 3 is 2.68 bits per heavy atom. The number of carbonyl (C=O) groups is 1. The molecular formula is C22H26N2O4. The summed E-state index contributed by atoms with van der Waals surface area (Å²) in [5.74, 6) is 0.910. The van der Waals surface area contributed by atoms with E-state index in [1.807, 2.05) is 17.0 Å². The molecule has 0 saturated carbocycles. The Balaban J connectivity index is 1.53. The van der Waals surface area contributed by atoms with Gasteiger partial charge in [0.1, 0.15) is 11.5 Å². The predicted molar refractivity (Wildman–Crippen MR) is 105 cm³/mol. The number of aryl methyl sites for hydroxylation is 1. The van der Waals surface area contributed by atoms with Crippen molar-refractivity contribution in [2.75, 3.05) is 19.7 Å². The van der Waals surface area contributed by atoms with E-state index < -0.39 is 0 Å². The van der Waals surface area contributed by atoms with Crippen molar-refractivity contribution in [3.63, 3.8) is 0 Å². The van der Waals surface area contributed by atoms with Gasteiger partial charge >= 0.3 is 0 Å². The second-order valence-corrected chi connectivity index (χ2v) is 7.85. The van der Waals surface area contributed by atoms with Crippen LogP contribution in [0.1, 0.15) is 45.5 Å².